The Morgan fingerprint density at radius 1 is 1.55 bits per heavy atom. The second-order valence-electron chi connectivity index (χ2n) is 4.81. The van der Waals surface area contributed by atoms with Gasteiger partial charge in [0.15, 0.2) is 0 Å². The Balaban J connectivity index is 1.75. The van der Waals surface area contributed by atoms with Crippen molar-refractivity contribution in [1.82, 2.24) is 15.2 Å². The van der Waals surface area contributed by atoms with Gasteiger partial charge in [-0.2, -0.15) is 0 Å². The summed E-state index contributed by atoms with van der Waals surface area (Å²) in [6.45, 7) is 4.45. The molecule has 1 aromatic heterocycles. The zero-order valence-corrected chi connectivity index (χ0v) is 12.4. The molecule has 0 bridgehead atoms. The number of hydrogen-bond donors (Lipinski definition) is 1. The van der Waals surface area contributed by atoms with Gasteiger partial charge in [0.25, 0.3) is 0 Å². The van der Waals surface area contributed by atoms with Gasteiger partial charge in [-0.1, -0.05) is 11.6 Å². The van der Waals surface area contributed by atoms with Crippen LogP contribution in [0.2, 0.25) is 5.02 Å². The minimum Gasteiger partial charge on any atom is -0.450 e. The summed E-state index contributed by atoms with van der Waals surface area (Å²) in [6, 6.07) is 2.33. The van der Waals surface area contributed by atoms with E-state index in [2.05, 4.69) is 10.3 Å². The molecule has 1 aliphatic rings. The molecular weight excluding hydrogens is 278 g/mol. The molecular formula is C14H20ClN3O2. The fourth-order valence-electron chi connectivity index (χ4n) is 2.28. The van der Waals surface area contributed by atoms with Crippen LogP contribution in [0.3, 0.4) is 0 Å². The lowest BCUT2D eigenvalue weighted by atomic mass is 10.1. The first-order valence-corrected chi connectivity index (χ1v) is 7.32. The molecule has 2 rings (SSSR count). The van der Waals surface area contributed by atoms with Gasteiger partial charge in [-0.3, -0.25) is 4.98 Å². The van der Waals surface area contributed by atoms with Crippen molar-refractivity contribution >= 4 is 17.7 Å². The van der Waals surface area contributed by atoms with Crippen LogP contribution in [0.15, 0.2) is 18.5 Å². The highest BCUT2D eigenvalue weighted by atomic mass is 35.5. The molecule has 0 spiro atoms. The number of hydrogen-bond acceptors (Lipinski definition) is 4. The fourth-order valence-corrected chi connectivity index (χ4v) is 2.47. The zero-order chi connectivity index (χ0) is 14.4. The molecule has 0 atom stereocenters. The Morgan fingerprint density at radius 3 is 2.95 bits per heavy atom. The normalized spacial score (nSPS) is 16.2. The second kappa shape index (κ2) is 7.45. The van der Waals surface area contributed by atoms with E-state index >= 15 is 0 Å². The fraction of sp³-hybridized carbons (Fsp3) is 0.571. The molecule has 0 radical (unpaired) electrons. The van der Waals surface area contributed by atoms with Crippen LogP contribution in [-0.4, -0.2) is 41.7 Å². The van der Waals surface area contributed by atoms with Crippen molar-refractivity contribution < 1.29 is 9.53 Å². The third-order valence-electron chi connectivity index (χ3n) is 3.46. The van der Waals surface area contributed by atoms with Crippen molar-refractivity contribution in [3.8, 4) is 0 Å². The average Bonchev–Trinajstić information content (AvgIpc) is 2.47. The number of likely N-dealkylation sites (tertiary alicyclic amines) is 1. The Labute approximate surface area is 124 Å². The summed E-state index contributed by atoms with van der Waals surface area (Å²) in [5, 5.41) is 4.16. The van der Waals surface area contributed by atoms with Crippen LogP contribution < -0.4 is 5.32 Å². The number of aromatic nitrogens is 1. The Hall–Kier alpha value is -1.33. The van der Waals surface area contributed by atoms with Gasteiger partial charge in [-0.15, -0.1) is 0 Å². The van der Waals surface area contributed by atoms with E-state index in [1.165, 1.54) is 0 Å². The maximum Gasteiger partial charge on any atom is 0.409 e. The minimum absolute atomic E-state index is 0.205. The predicted molar refractivity (Wildman–Crippen MR) is 77.7 cm³/mol. The molecule has 0 aromatic carbocycles. The van der Waals surface area contributed by atoms with Gasteiger partial charge in [-0.25, -0.2) is 4.79 Å². The molecule has 1 amide bonds. The van der Waals surface area contributed by atoms with Crippen LogP contribution in [-0.2, 0) is 11.3 Å². The number of pyridine rings is 1. The van der Waals surface area contributed by atoms with E-state index in [9.17, 15) is 4.79 Å². The first-order valence-electron chi connectivity index (χ1n) is 6.94. The lowest BCUT2D eigenvalue weighted by Crippen LogP contribution is -2.44. The van der Waals surface area contributed by atoms with Crippen LogP contribution in [0.4, 0.5) is 4.79 Å². The van der Waals surface area contributed by atoms with E-state index < -0.39 is 0 Å². The van der Waals surface area contributed by atoms with E-state index in [-0.39, 0.29) is 6.09 Å². The molecule has 1 saturated heterocycles. The Bertz CT molecular complexity index is 448. The number of rotatable bonds is 4. The second-order valence-corrected chi connectivity index (χ2v) is 5.22. The number of ether oxygens (including phenoxy) is 1. The quantitative estimate of drug-likeness (QED) is 0.927. The lowest BCUT2D eigenvalue weighted by Gasteiger charge is -2.31. The van der Waals surface area contributed by atoms with Gasteiger partial charge in [0, 0.05) is 38.1 Å². The first-order chi connectivity index (χ1) is 9.70. The molecule has 5 nitrogen and oxygen atoms in total. The number of carbonyl (C=O) groups excluding carboxylic acids is 1. The van der Waals surface area contributed by atoms with Crippen molar-refractivity contribution in [3.05, 3.63) is 29.0 Å². The maximum atomic E-state index is 11.6. The number of amides is 1. The van der Waals surface area contributed by atoms with Crippen molar-refractivity contribution in [3.63, 3.8) is 0 Å². The van der Waals surface area contributed by atoms with Crippen LogP contribution in [0.25, 0.3) is 0 Å². The third kappa shape index (κ3) is 4.08. The molecule has 2 heterocycles. The van der Waals surface area contributed by atoms with Gasteiger partial charge in [-0.05, 0) is 31.4 Å². The van der Waals surface area contributed by atoms with Crippen LogP contribution >= 0.6 is 11.6 Å². The van der Waals surface area contributed by atoms with E-state index in [0.717, 1.165) is 38.0 Å². The molecule has 1 aromatic rings. The van der Waals surface area contributed by atoms with Crippen LogP contribution in [0.1, 0.15) is 25.3 Å². The number of carbonyl (C=O) groups is 1. The summed E-state index contributed by atoms with van der Waals surface area (Å²) in [4.78, 5) is 17.3. The predicted octanol–water partition coefficient (Wildman–Crippen LogP) is 2.45. The van der Waals surface area contributed by atoms with Crippen LogP contribution in [0.5, 0.6) is 0 Å². The third-order valence-corrected chi connectivity index (χ3v) is 3.80. The molecule has 1 aliphatic heterocycles. The summed E-state index contributed by atoms with van der Waals surface area (Å²) in [7, 11) is 0. The van der Waals surface area contributed by atoms with Crippen LogP contribution in [0, 0.1) is 0 Å². The lowest BCUT2D eigenvalue weighted by molar-refractivity contribution is 0.0950. The Kier molecular flexibility index (Phi) is 5.61. The summed E-state index contributed by atoms with van der Waals surface area (Å²) in [5.74, 6) is 0. The van der Waals surface area contributed by atoms with Gasteiger partial charge >= 0.3 is 6.09 Å². The maximum absolute atomic E-state index is 11.6. The topological polar surface area (TPSA) is 54.5 Å². The molecule has 0 saturated carbocycles. The van der Waals surface area contributed by atoms with E-state index in [0.29, 0.717) is 17.7 Å². The van der Waals surface area contributed by atoms with Gasteiger partial charge < -0.3 is 15.0 Å². The molecule has 1 fully saturated rings. The summed E-state index contributed by atoms with van der Waals surface area (Å²) in [6.07, 6.45) is 5.06. The molecule has 0 unspecified atom stereocenters. The number of nitrogens with one attached hydrogen (secondary N) is 1. The Morgan fingerprint density at radius 2 is 2.30 bits per heavy atom. The molecule has 6 heteroatoms. The number of halogens is 1. The SMILES string of the molecule is CCOC(=O)N1CCC(NCc2ccncc2Cl)CC1. The first kappa shape index (κ1) is 15.1. The zero-order valence-electron chi connectivity index (χ0n) is 11.6. The highest BCUT2D eigenvalue weighted by molar-refractivity contribution is 6.31. The number of piperidine rings is 1. The van der Waals surface area contributed by atoms with E-state index in [4.69, 9.17) is 16.3 Å². The molecule has 110 valence electrons. The molecule has 1 N–H and O–H groups in total. The van der Waals surface area contributed by atoms with Crippen molar-refractivity contribution in [2.45, 2.75) is 32.4 Å². The van der Waals surface area contributed by atoms with E-state index in [1.54, 1.807) is 17.3 Å². The highest BCUT2D eigenvalue weighted by Crippen LogP contribution is 2.15. The van der Waals surface area contributed by atoms with Gasteiger partial charge in [0.2, 0.25) is 0 Å². The highest BCUT2D eigenvalue weighted by Gasteiger charge is 2.23. The largest absolute Gasteiger partial charge is 0.450 e. The average molecular weight is 298 g/mol. The van der Waals surface area contributed by atoms with Gasteiger partial charge in [0.1, 0.15) is 0 Å². The molecule has 20 heavy (non-hydrogen) atoms. The standard InChI is InChI=1S/C14H20ClN3O2/c1-2-20-14(19)18-7-4-12(5-8-18)17-9-11-3-6-16-10-13(11)15/h3,6,10,12,17H,2,4-5,7-9H2,1H3. The van der Waals surface area contributed by atoms with Crippen molar-refractivity contribution in [2.24, 2.45) is 0 Å². The monoisotopic (exact) mass is 297 g/mol. The van der Waals surface area contributed by atoms with E-state index in [1.807, 2.05) is 13.0 Å². The summed E-state index contributed by atoms with van der Waals surface area (Å²) < 4.78 is 5.00. The molecule has 0 aliphatic carbocycles. The van der Waals surface area contributed by atoms with Crippen molar-refractivity contribution in [1.29, 1.82) is 0 Å². The number of nitrogens with zero attached hydrogens (tertiary/aromatic N) is 2. The minimum atomic E-state index is -0.205. The van der Waals surface area contributed by atoms with Gasteiger partial charge in [0.05, 0.1) is 11.6 Å². The van der Waals surface area contributed by atoms with Crippen molar-refractivity contribution in [2.75, 3.05) is 19.7 Å². The smallest absolute Gasteiger partial charge is 0.409 e. The summed E-state index contributed by atoms with van der Waals surface area (Å²) in [5.41, 5.74) is 1.05. The summed E-state index contributed by atoms with van der Waals surface area (Å²) >= 11 is 6.07.